The molecule has 1 aromatic carbocycles. The van der Waals surface area contributed by atoms with E-state index in [4.69, 9.17) is 5.73 Å². The Morgan fingerprint density at radius 1 is 1.42 bits per heavy atom. The number of unbranched alkanes of at least 4 members (excludes halogenated alkanes) is 1. The lowest BCUT2D eigenvalue weighted by Gasteiger charge is -2.07. The molecule has 19 heavy (non-hydrogen) atoms. The van der Waals surface area contributed by atoms with Crippen molar-refractivity contribution in [1.29, 1.82) is 0 Å². The Morgan fingerprint density at radius 3 is 2.79 bits per heavy atom. The standard InChI is InChI=1S/C13H19BrN2OS.ClH/c1-10-8-11(14)4-5-12(10)18-9-13(17)16-7-3-2-6-15;/h4-5,8H,2-3,6-7,9,15H2,1H3,(H,16,17);1H. The van der Waals surface area contributed by atoms with Crippen molar-refractivity contribution in [2.45, 2.75) is 24.7 Å². The maximum Gasteiger partial charge on any atom is 0.230 e. The Morgan fingerprint density at radius 2 is 2.16 bits per heavy atom. The summed E-state index contributed by atoms with van der Waals surface area (Å²) in [6.45, 7) is 3.45. The summed E-state index contributed by atoms with van der Waals surface area (Å²) in [6.07, 6.45) is 1.91. The monoisotopic (exact) mass is 366 g/mol. The molecule has 6 heteroatoms. The zero-order chi connectivity index (χ0) is 13.4. The molecule has 0 aliphatic heterocycles. The first-order valence-corrected chi connectivity index (χ1v) is 7.77. The van der Waals surface area contributed by atoms with Crippen LogP contribution < -0.4 is 11.1 Å². The van der Waals surface area contributed by atoms with Crippen molar-refractivity contribution >= 4 is 46.0 Å². The van der Waals surface area contributed by atoms with Crippen LogP contribution in [0, 0.1) is 6.92 Å². The molecule has 0 radical (unpaired) electrons. The summed E-state index contributed by atoms with van der Waals surface area (Å²) in [4.78, 5) is 12.7. The van der Waals surface area contributed by atoms with Crippen LogP contribution in [0.15, 0.2) is 27.6 Å². The Balaban J connectivity index is 0.00000324. The lowest BCUT2D eigenvalue weighted by Crippen LogP contribution is -2.26. The third-order valence-corrected chi connectivity index (χ3v) is 4.12. The second kappa shape index (κ2) is 10.5. The van der Waals surface area contributed by atoms with Crippen LogP contribution in [0.1, 0.15) is 18.4 Å². The highest BCUT2D eigenvalue weighted by atomic mass is 79.9. The average molecular weight is 368 g/mol. The molecule has 0 spiro atoms. The van der Waals surface area contributed by atoms with Crippen molar-refractivity contribution in [3.8, 4) is 0 Å². The van der Waals surface area contributed by atoms with Gasteiger partial charge in [-0.15, -0.1) is 24.2 Å². The molecule has 1 rings (SSSR count). The van der Waals surface area contributed by atoms with Gasteiger partial charge in [0, 0.05) is 15.9 Å². The number of hydrogen-bond acceptors (Lipinski definition) is 3. The molecular formula is C13H20BrClN2OS. The average Bonchev–Trinajstić information content (AvgIpc) is 2.33. The molecule has 3 nitrogen and oxygen atoms in total. The molecule has 3 N–H and O–H groups in total. The highest BCUT2D eigenvalue weighted by Crippen LogP contribution is 2.24. The van der Waals surface area contributed by atoms with Gasteiger partial charge in [-0.3, -0.25) is 4.79 Å². The first kappa shape index (κ1) is 18.8. The van der Waals surface area contributed by atoms with E-state index in [-0.39, 0.29) is 18.3 Å². The van der Waals surface area contributed by atoms with Gasteiger partial charge in [-0.1, -0.05) is 15.9 Å². The summed E-state index contributed by atoms with van der Waals surface area (Å²) in [7, 11) is 0. The first-order valence-electron chi connectivity index (χ1n) is 5.99. The predicted octanol–water partition coefficient (Wildman–Crippen LogP) is 3.13. The number of rotatable bonds is 7. The van der Waals surface area contributed by atoms with Crippen LogP contribution >= 0.6 is 40.1 Å². The number of halogens is 2. The summed E-state index contributed by atoms with van der Waals surface area (Å²) in [6, 6.07) is 6.09. The smallest absolute Gasteiger partial charge is 0.230 e. The van der Waals surface area contributed by atoms with Crippen LogP contribution in [0.25, 0.3) is 0 Å². The maximum absolute atomic E-state index is 11.6. The van der Waals surface area contributed by atoms with Gasteiger partial charge in [0.25, 0.3) is 0 Å². The fraction of sp³-hybridized carbons (Fsp3) is 0.462. The second-order valence-corrected chi connectivity index (χ2v) is 5.98. The van der Waals surface area contributed by atoms with E-state index in [1.807, 2.05) is 19.1 Å². The normalized spacial score (nSPS) is 9.84. The van der Waals surface area contributed by atoms with E-state index >= 15 is 0 Å². The fourth-order valence-electron chi connectivity index (χ4n) is 1.47. The molecule has 0 aliphatic rings. The van der Waals surface area contributed by atoms with E-state index in [0.29, 0.717) is 12.3 Å². The SMILES string of the molecule is Cc1cc(Br)ccc1SCC(=O)NCCCCN.Cl. The van der Waals surface area contributed by atoms with E-state index in [9.17, 15) is 4.79 Å². The number of carbonyl (C=O) groups is 1. The van der Waals surface area contributed by atoms with Crippen molar-refractivity contribution in [3.05, 3.63) is 28.2 Å². The number of hydrogen-bond donors (Lipinski definition) is 2. The van der Waals surface area contributed by atoms with Crippen molar-refractivity contribution < 1.29 is 4.79 Å². The lowest BCUT2D eigenvalue weighted by atomic mass is 10.2. The quantitative estimate of drug-likeness (QED) is 0.575. The molecule has 0 saturated heterocycles. The van der Waals surface area contributed by atoms with Gasteiger partial charge in [0.2, 0.25) is 5.91 Å². The minimum absolute atomic E-state index is 0. The van der Waals surface area contributed by atoms with Crippen LogP contribution in [0.3, 0.4) is 0 Å². The Labute approximate surface area is 133 Å². The van der Waals surface area contributed by atoms with Gasteiger partial charge < -0.3 is 11.1 Å². The van der Waals surface area contributed by atoms with Crippen molar-refractivity contribution in [3.63, 3.8) is 0 Å². The van der Waals surface area contributed by atoms with E-state index in [2.05, 4.69) is 27.3 Å². The molecule has 1 aromatic rings. The first-order chi connectivity index (χ1) is 8.63. The van der Waals surface area contributed by atoms with E-state index in [1.165, 1.54) is 5.56 Å². The highest BCUT2D eigenvalue weighted by Gasteiger charge is 2.04. The van der Waals surface area contributed by atoms with Crippen LogP contribution in [0.4, 0.5) is 0 Å². The summed E-state index contributed by atoms with van der Waals surface area (Å²) in [5.74, 6) is 0.546. The summed E-state index contributed by atoms with van der Waals surface area (Å²) in [5.41, 5.74) is 6.57. The molecule has 0 heterocycles. The van der Waals surface area contributed by atoms with Crippen LogP contribution in [0.2, 0.25) is 0 Å². The third-order valence-electron chi connectivity index (χ3n) is 2.45. The van der Waals surface area contributed by atoms with Crippen molar-refractivity contribution in [1.82, 2.24) is 5.32 Å². The van der Waals surface area contributed by atoms with E-state index in [0.717, 1.165) is 28.8 Å². The van der Waals surface area contributed by atoms with E-state index < -0.39 is 0 Å². The van der Waals surface area contributed by atoms with Crippen LogP contribution in [-0.4, -0.2) is 24.7 Å². The number of amides is 1. The Kier molecular flexibility index (Phi) is 10.4. The van der Waals surface area contributed by atoms with Gasteiger partial charge in [-0.2, -0.15) is 0 Å². The fourth-order valence-corrected chi connectivity index (χ4v) is 2.78. The van der Waals surface area contributed by atoms with E-state index in [1.54, 1.807) is 11.8 Å². The van der Waals surface area contributed by atoms with Crippen LogP contribution in [0.5, 0.6) is 0 Å². The zero-order valence-electron chi connectivity index (χ0n) is 10.9. The number of carbonyl (C=O) groups excluding carboxylic acids is 1. The molecule has 0 fully saturated rings. The van der Waals surface area contributed by atoms with Gasteiger partial charge in [0.05, 0.1) is 5.75 Å². The number of benzene rings is 1. The number of thioether (sulfide) groups is 1. The molecule has 0 bridgehead atoms. The summed E-state index contributed by atoms with van der Waals surface area (Å²) in [5, 5.41) is 2.89. The number of nitrogens with two attached hydrogens (primary N) is 1. The summed E-state index contributed by atoms with van der Waals surface area (Å²) < 4.78 is 1.07. The highest BCUT2D eigenvalue weighted by molar-refractivity contribution is 9.10. The molecule has 0 saturated carbocycles. The second-order valence-electron chi connectivity index (χ2n) is 4.04. The molecule has 1 amide bonds. The molecule has 0 unspecified atom stereocenters. The Bertz CT molecular complexity index is 404. The molecular weight excluding hydrogens is 348 g/mol. The number of aryl methyl sites for hydroxylation is 1. The third kappa shape index (κ3) is 7.82. The minimum Gasteiger partial charge on any atom is -0.355 e. The largest absolute Gasteiger partial charge is 0.355 e. The van der Waals surface area contributed by atoms with Crippen molar-refractivity contribution in [2.75, 3.05) is 18.8 Å². The maximum atomic E-state index is 11.6. The predicted molar refractivity (Wildman–Crippen MR) is 88.1 cm³/mol. The molecule has 0 aromatic heterocycles. The zero-order valence-corrected chi connectivity index (χ0v) is 14.2. The van der Waals surface area contributed by atoms with Gasteiger partial charge in [-0.25, -0.2) is 0 Å². The van der Waals surface area contributed by atoms with Gasteiger partial charge >= 0.3 is 0 Å². The van der Waals surface area contributed by atoms with Gasteiger partial charge in [0.1, 0.15) is 0 Å². The topological polar surface area (TPSA) is 55.1 Å². The van der Waals surface area contributed by atoms with Gasteiger partial charge in [-0.05, 0) is 50.1 Å². The minimum atomic E-state index is 0. The molecule has 108 valence electrons. The van der Waals surface area contributed by atoms with Gasteiger partial charge in [0.15, 0.2) is 0 Å². The number of nitrogens with one attached hydrogen (secondary N) is 1. The molecule has 0 atom stereocenters. The van der Waals surface area contributed by atoms with Crippen LogP contribution in [-0.2, 0) is 4.79 Å². The van der Waals surface area contributed by atoms with Crippen molar-refractivity contribution in [2.24, 2.45) is 5.73 Å². The summed E-state index contributed by atoms with van der Waals surface area (Å²) >= 11 is 5.00. The Hall–Kier alpha value is -0.230. The lowest BCUT2D eigenvalue weighted by molar-refractivity contribution is -0.118. The molecule has 0 aliphatic carbocycles.